The minimum atomic E-state index is -5.66. The number of rotatable bonds is 11. The van der Waals surface area contributed by atoms with Crippen LogP contribution in [0.4, 0.5) is 0 Å². The Bertz CT molecular complexity index is 1120. The molecule has 23 heteroatoms. The summed E-state index contributed by atoms with van der Waals surface area (Å²) >= 11 is 0. The molecule has 3 N–H and O–H groups in total. The molecule has 2 rings (SSSR count). The smallest absolute Gasteiger partial charge is 0.218 e. The molecule has 0 spiro atoms. The molecule has 218 valence electrons. The van der Waals surface area contributed by atoms with E-state index in [0.717, 1.165) is 14.0 Å². The molecular weight excluding hydrogens is 582 g/mol. The maximum Gasteiger partial charge on any atom is 0.218 e. The van der Waals surface area contributed by atoms with Crippen molar-refractivity contribution in [3.8, 4) is 0 Å². The lowest BCUT2D eigenvalue weighted by Gasteiger charge is -2.48. The van der Waals surface area contributed by atoms with E-state index in [1.54, 1.807) is 0 Å². The summed E-state index contributed by atoms with van der Waals surface area (Å²) in [6.07, 6.45) is -18.8. The molecule has 2 aliphatic heterocycles. The number of carbonyl (C=O) groups is 1. The number of aliphatic hydroxyl groups excluding tert-OH is 2. The Morgan fingerprint density at radius 2 is 1.54 bits per heavy atom. The maximum absolute atomic E-state index is 11.5. The molecule has 0 aromatic rings. The van der Waals surface area contributed by atoms with E-state index in [1.165, 1.54) is 4.72 Å². The molecular formula is C14H21NO19S3-4. The van der Waals surface area contributed by atoms with E-state index in [9.17, 15) is 59.0 Å². The van der Waals surface area contributed by atoms with Crippen LogP contribution >= 0.6 is 0 Å². The number of carboxylic acids is 1. The average molecular weight is 604 g/mol. The number of ether oxygens (including phenoxy) is 4. The average Bonchev–Trinajstić information content (AvgIpc) is 2.71. The first kappa shape index (κ1) is 32.1. The van der Waals surface area contributed by atoms with E-state index < -0.39 is 105 Å². The SMILES string of the molecule is CO[C@H]1C(C(=O)[O-])O[C@@H](O[C@H]2C(COS(=O)(=O)[O-])O[C@@H](C)C(NS(=O)(=O)[O-])[C@H]2O)C(OS(=O)(=O)[O-])[C@@H]1O. The van der Waals surface area contributed by atoms with Crippen molar-refractivity contribution in [2.24, 2.45) is 0 Å². The van der Waals surface area contributed by atoms with Crippen molar-refractivity contribution in [1.29, 1.82) is 0 Å². The third-order valence-corrected chi connectivity index (χ3v) is 6.61. The fraction of sp³-hybridized carbons (Fsp3) is 0.929. The Labute approximate surface area is 210 Å². The lowest BCUT2D eigenvalue weighted by Crippen LogP contribution is -2.68. The second-order valence-corrected chi connectivity index (χ2v) is 10.9. The number of aliphatic carboxylic acids is 1. The van der Waals surface area contributed by atoms with E-state index in [4.69, 9.17) is 18.9 Å². The molecule has 4 unspecified atom stereocenters. The highest BCUT2D eigenvalue weighted by atomic mass is 32.3. The summed E-state index contributed by atoms with van der Waals surface area (Å²) in [6.45, 7) is -0.104. The van der Waals surface area contributed by atoms with Crippen molar-refractivity contribution in [2.45, 2.75) is 68.1 Å². The van der Waals surface area contributed by atoms with Crippen LogP contribution in [0.25, 0.3) is 0 Å². The van der Waals surface area contributed by atoms with Crippen LogP contribution in [0.15, 0.2) is 0 Å². The molecule has 0 aliphatic carbocycles. The van der Waals surface area contributed by atoms with Crippen LogP contribution in [0.1, 0.15) is 6.92 Å². The summed E-state index contributed by atoms with van der Waals surface area (Å²) in [5.41, 5.74) is 0. The van der Waals surface area contributed by atoms with E-state index in [2.05, 4.69) is 8.37 Å². The van der Waals surface area contributed by atoms with Crippen molar-refractivity contribution in [3.63, 3.8) is 0 Å². The van der Waals surface area contributed by atoms with Gasteiger partial charge in [-0.15, -0.1) is 0 Å². The summed E-state index contributed by atoms with van der Waals surface area (Å²) in [5.74, 6) is -2.04. The zero-order chi connectivity index (χ0) is 28.5. The van der Waals surface area contributed by atoms with Crippen LogP contribution in [0.2, 0.25) is 0 Å². The fourth-order valence-corrected chi connectivity index (χ4v) is 5.15. The van der Waals surface area contributed by atoms with Gasteiger partial charge in [0.05, 0.1) is 24.7 Å². The van der Waals surface area contributed by atoms with E-state index in [-0.39, 0.29) is 0 Å². The first-order valence-electron chi connectivity index (χ1n) is 9.77. The zero-order valence-corrected chi connectivity index (χ0v) is 21.0. The summed E-state index contributed by atoms with van der Waals surface area (Å²) in [4.78, 5) is 11.5. The van der Waals surface area contributed by atoms with Crippen LogP contribution in [0, 0.1) is 0 Å². The van der Waals surface area contributed by atoms with Gasteiger partial charge in [0.25, 0.3) is 0 Å². The predicted octanol–water partition coefficient (Wildman–Crippen LogP) is -6.89. The molecule has 0 saturated carbocycles. The highest BCUT2D eigenvalue weighted by molar-refractivity contribution is 7.83. The molecule has 37 heavy (non-hydrogen) atoms. The fourth-order valence-electron chi connectivity index (χ4n) is 3.71. The topological polar surface area (TPSA) is 320 Å². The Morgan fingerprint density at radius 3 is 2.00 bits per heavy atom. The third kappa shape index (κ3) is 8.94. The van der Waals surface area contributed by atoms with Gasteiger partial charge in [0, 0.05) is 7.11 Å². The molecule has 2 saturated heterocycles. The summed E-state index contributed by atoms with van der Waals surface area (Å²) in [7, 11) is -15.4. The second-order valence-electron chi connectivity index (χ2n) is 7.67. The number of carbonyl (C=O) groups excluding carboxylic acids is 1. The van der Waals surface area contributed by atoms with Gasteiger partial charge in [0.2, 0.25) is 20.8 Å². The van der Waals surface area contributed by atoms with Crippen LogP contribution in [-0.4, -0.2) is 130 Å². The standard InChI is InChI=1S/C14H25NO19S3/c1-4-6(15-35(20,21)22)7(16)9(5(31-4)3-30-36(23,24)25)32-14-11(34-37(26,27)28)8(17)10(29-2)12(33-14)13(18)19/h4-12,14-17H,3H2,1-2H3,(H,18,19)(H,20,21,22)(H,23,24,25)(H,26,27,28)/p-4/t4-,5?,6?,7+,8+,9-,10+,11?,12?,14+/m0/s1. The Balaban J connectivity index is 2.49. The van der Waals surface area contributed by atoms with Crippen LogP contribution in [-0.2, 0) is 63.2 Å². The van der Waals surface area contributed by atoms with Gasteiger partial charge in [0.1, 0.15) is 36.6 Å². The number of aliphatic hydroxyl groups is 2. The number of carboxylic acid groups (broad SMARTS) is 1. The highest BCUT2D eigenvalue weighted by Crippen LogP contribution is 2.32. The first-order chi connectivity index (χ1) is 16.7. The van der Waals surface area contributed by atoms with Gasteiger partial charge >= 0.3 is 0 Å². The molecule has 0 aromatic heterocycles. The Hall–Kier alpha value is -1.16. The molecule has 2 aliphatic rings. The predicted molar refractivity (Wildman–Crippen MR) is 103 cm³/mol. The summed E-state index contributed by atoms with van der Waals surface area (Å²) in [6, 6.07) is -1.83. The first-order valence-corrected chi connectivity index (χ1v) is 13.8. The monoisotopic (exact) mass is 603 g/mol. The zero-order valence-electron chi connectivity index (χ0n) is 18.5. The van der Waals surface area contributed by atoms with E-state index >= 15 is 0 Å². The van der Waals surface area contributed by atoms with Gasteiger partial charge in [-0.2, -0.15) is 0 Å². The third-order valence-electron chi connectivity index (χ3n) is 5.17. The summed E-state index contributed by atoms with van der Waals surface area (Å²) in [5, 5.41) is 32.6. The van der Waals surface area contributed by atoms with Crippen molar-refractivity contribution in [3.05, 3.63) is 0 Å². The highest BCUT2D eigenvalue weighted by Gasteiger charge is 2.52. The molecule has 2 fully saturated rings. The number of methoxy groups -OCH3 is 1. The normalized spacial score (nSPS) is 37.8. The number of nitrogens with one attached hydrogen (secondary N) is 1. The van der Waals surface area contributed by atoms with Crippen molar-refractivity contribution in [2.75, 3.05) is 13.7 Å². The van der Waals surface area contributed by atoms with Gasteiger partial charge in [-0.3, -0.25) is 8.37 Å². The van der Waals surface area contributed by atoms with E-state index in [1.807, 2.05) is 0 Å². The Kier molecular flexibility index (Phi) is 10.3. The van der Waals surface area contributed by atoms with Gasteiger partial charge in [0.15, 0.2) is 22.7 Å². The largest absolute Gasteiger partial charge is 0.735 e. The van der Waals surface area contributed by atoms with Crippen molar-refractivity contribution < 1.29 is 86.3 Å². The summed E-state index contributed by atoms with van der Waals surface area (Å²) < 4.78 is 130. The van der Waals surface area contributed by atoms with Crippen molar-refractivity contribution in [1.82, 2.24) is 4.72 Å². The van der Waals surface area contributed by atoms with Crippen LogP contribution in [0.3, 0.4) is 0 Å². The van der Waals surface area contributed by atoms with Gasteiger partial charge in [-0.1, -0.05) is 0 Å². The van der Waals surface area contributed by atoms with Crippen molar-refractivity contribution >= 4 is 37.1 Å². The lowest BCUT2D eigenvalue weighted by molar-refractivity contribution is -0.360. The molecule has 0 radical (unpaired) electrons. The molecule has 0 amide bonds. The molecule has 10 atom stereocenters. The maximum atomic E-state index is 11.5. The van der Waals surface area contributed by atoms with Crippen LogP contribution in [0.5, 0.6) is 0 Å². The molecule has 0 bridgehead atoms. The van der Waals surface area contributed by atoms with Gasteiger partial charge in [-0.05, 0) is 6.92 Å². The number of hydrogen-bond acceptors (Lipinski definition) is 19. The molecule has 20 nitrogen and oxygen atoms in total. The number of hydrogen-bond donors (Lipinski definition) is 3. The van der Waals surface area contributed by atoms with E-state index in [0.29, 0.717) is 0 Å². The minimum Gasteiger partial charge on any atom is -0.735 e. The second kappa shape index (κ2) is 11.9. The Morgan fingerprint density at radius 1 is 0.946 bits per heavy atom. The van der Waals surface area contributed by atoms with Gasteiger partial charge in [-0.25, -0.2) is 30.0 Å². The lowest BCUT2D eigenvalue weighted by atomic mass is 9.93. The molecule has 2 heterocycles. The quantitative estimate of drug-likeness (QED) is 0.146. The minimum absolute atomic E-state index is 0.869. The molecule has 0 aromatic carbocycles. The van der Waals surface area contributed by atoms with Gasteiger partial charge < -0.3 is 52.7 Å². The van der Waals surface area contributed by atoms with Crippen LogP contribution < -0.4 is 9.83 Å².